The summed E-state index contributed by atoms with van der Waals surface area (Å²) in [4.78, 5) is 0. The minimum Gasteiger partial charge on any atom is -0.494 e. The normalized spacial score (nSPS) is 11.3. The van der Waals surface area contributed by atoms with Gasteiger partial charge in [0.2, 0.25) is 0 Å². The predicted octanol–water partition coefficient (Wildman–Crippen LogP) is 1.10. The summed E-state index contributed by atoms with van der Waals surface area (Å²) >= 11 is 0. The Morgan fingerprint density at radius 3 is 2.65 bits per heavy atom. The van der Waals surface area contributed by atoms with Crippen LogP contribution in [0.3, 0.4) is 0 Å². The molecule has 7 nitrogen and oxygen atoms in total. The second kappa shape index (κ2) is 5.93. The smallest absolute Gasteiger partial charge is 0.279 e. The van der Waals surface area contributed by atoms with Crippen LogP contribution in [0.2, 0.25) is 0 Å². The third kappa shape index (κ3) is 3.09. The van der Waals surface area contributed by atoms with Crippen LogP contribution in [0.1, 0.15) is 12.5 Å². The molecule has 0 unspecified atom stereocenters. The first-order valence-corrected chi connectivity index (χ1v) is 7.44. The van der Waals surface area contributed by atoms with Crippen molar-refractivity contribution >= 4 is 15.7 Å². The summed E-state index contributed by atoms with van der Waals surface area (Å²) in [5.41, 5.74) is 0.607. The van der Waals surface area contributed by atoms with E-state index in [0.717, 1.165) is 0 Å². The topological polar surface area (TPSA) is 104 Å². The number of aliphatic hydroxyl groups excluding tert-OH is 1. The second-order valence-electron chi connectivity index (χ2n) is 3.95. The zero-order valence-corrected chi connectivity index (χ0v) is 11.6. The van der Waals surface area contributed by atoms with Gasteiger partial charge in [0.15, 0.2) is 5.03 Å². The van der Waals surface area contributed by atoms with E-state index in [1.807, 2.05) is 6.92 Å². The quantitative estimate of drug-likeness (QED) is 0.740. The van der Waals surface area contributed by atoms with Crippen molar-refractivity contribution in [2.75, 3.05) is 11.3 Å². The number of nitrogens with zero attached hydrogens (tertiary/aromatic N) is 1. The number of aliphatic hydroxyl groups is 1. The van der Waals surface area contributed by atoms with Gasteiger partial charge in [-0.3, -0.25) is 9.82 Å². The number of ether oxygens (including phenoxy) is 1. The number of hydrogen-bond acceptors (Lipinski definition) is 5. The highest BCUT2D eigenvalue weighted by Gasteiger charge is 2.20. The second-order valence-corrected chi connectivity index (χ2v) is 5.56. The van der Waals surface area contributed by atoms with Crippen LogP contribution in [-0.4, -0.2) is 30.3 Å². The molecule has 1 aromatic heterocycles. The SMILES string of the molecule is CCOc1ccc(NS(=O)(=O)c2[nH]ncc2CO)cc1. The molecule has 0 aliphatic heterocycles. The standard InChI is InChI=1S/C12H15N3O4S/c1-2-19-11-5-3-10(4-6-11)15-20(17,18)12-9(8-16)7-13-14-12/h3-7,15-16H,2,8H2,1H3,(H,13,14). The van der Waals surface area contributed by atoms with Gasteiger partial charge in [0.1, 0.15) is 5.75 Å². The first-order chi connectivity index (χ1) is 9.56. The molecule has 0 amide bonds. The molecule has 0 atom stereocenters. The highest BCUT2D eigenvalue weighted by atomic mass is 32.2. The Morgan fingerprint density at radius 1 is 1.35 bits per heavy atom. The van der Waals surface area contributed by atoms with Crippen LogP contribution in [0.5, 0.6) is 5.75 Å². The van der Waals surface area contributed by atoms with Crippen LogP contribution in [0.15, 0.2) is 35.5 Å². The van der Waals surface area contributed by atoms with E-state index in [-0.39, 0.29) is 10.6 Å². The van der Waals surface area contributed by atoms with Gasteiger partial charge in [0, 0.05) is 11.3 Å². The maximum Gasteiger partial charge on any atom is 0.279 e. The van der Waals surface area contributed by atoms with Crippen LogP contribution in [0.4, 0.5) is 5.69 Å². The average molecular weight is 297 g/mol. The molecule has 8 heteroatoms. The van der Waals surface area contributed by atoms with Gasteiger partial charge in [-0.1, -0.05) is 0 Å². The number of sulfonamides is 1. The van der Waals surface area contributed by atoms with E-state index in [0.29, 0.717) is 18.0 Å². The molecule has 2 aromatic rings. The number of nitrogens with one attached hydrogen (secondary N) is 2. The first-order valence-electron chi connectivity index (χ1n) is 5.95. The van der Waals surface area contributed by atoms with Crippen LogP contribution >= 0.6 is 0 Å². The van der Waals surface area contributed by atoms with Gasteiger partial charge in [-0.15, -0.1) is 0 Å². The van der Waals surface area contributed by atoms with Gasteiger partial charge in [-0.05, 0) is 31.2 Å². The van der Waals surface area contributed by atoms with Crippen molar-refractivity contribution in [3.05, 3.63) is 36.0 Å². The summed E-state index contributed by atoms with van der Waals surface area (Å²) in [5, 5.41) is 14.9. The number of anilines is 1. The maximum absolute atomic E-state index is 12.1. The molecule has 0 saturated heterocycles. The molecule has 2 rings (SSSR count). The number of benzene rings is 1. The molecule has 1 heterocycles. The Bertz CT molecular complexity index is 664. The summed E-state index contributed by atoms with van der Waals surface area (Å²) in [6.45, 7) is 2.00. The van der Waals surface area contributed by atoms with E-state index in [1.54, 1.807) is 24.3 Å². The van der Waals surface area contributed by atoms with Crippen molar-refractivity contribution < 1.29 is 18.3 Å². The molecule has 108 valence electrons. The highest BCUT2D eigenvalue weighted by Crippen LogP contribution is 2.20. The van der Waals surface area contributed by atoms with Gasteiger partial charge in [0.25, 0.3) is 10.0 Å². The molecule has 20 heavy (non-hydrogen) atoms. The summed E-state index contributed by atoms with van der Waals surface area (Å²) in [6.07, 6.45) is 1.27. The Morgan fingerprint density at radius 2 is 2.05 bits per heavy atom. The zero-order chi connectivity index (χ0) is 14.6. The van der Waals surface area contributed by atoms with E-state index >= 15 is 0 Å². The number of H-pyrrole nitrogens is 1. The maximum atomic E-state index is 12.1. The lowest BCUT2D eigenvalue weighted by molar-refractivity contribution is 0.278. The average Bonchev–Trinajstić information content (AvgIpc) is 2.90. The number of aromatic nitrogens is 2. The summed E-state index contributed by atoms with van der Waals surface area (Å²) in [7, 11) is -3.81. The minimum absolute atomic E-state index is 0.145. The Kier molecular flexibility index (Phi) is 4.26. The van der Waals surface area contributed by atoms with Crippen LogP contribution in [0, 0.1) is 0 Å². The van der Waals surface area contributed by atoms with E-state index in [9.17, 15) is 8.42 Å². The molecular weight excluding hydrogens is 282 g/mol. The van der Waals surface area contributed by atoms with E-state index in [2.05, 4.69) is 14.9 Å². The summed E-state index contributed by atoms with van der Waals surface area (Å²) in [5.74, 6) is 0.660. The largest absolute Gasteiger partial charge is 0.494 e. The Hall–Kier alpha value is -2.06. The molecule has 0 aliphatic rings. The minimum atomic E-state index is -3.81. The van der Waals surface area contributed by atoms with Crippen LogP contribution < -0.4 is 9.46 Å². The van der Waals surface area contributed by atoms with Gasteiger partial charge in [0.05, 0.1) is 19.4 Å². The molecule has 0 aliphatic carbocycles. The van der Waals surface area contributed by atoms with Crippen molar-refractivity contribution in [1.82, 2.24) is 10.2 Å². The van der Waals surface area contributed by atoms with Gasteiger partial charge >= 0.3 is 0 Å². The fraction of sp³-hybridized carbons (Fsp3) is 0.250. The number of aromatic amines is 1. The Balaban J connectivity index is 2.20. The molecule has 1 aromatic carbocycles. The first kappa shape index (κ1) is 14.4. The zero-order valence-electron chi connectivity index (χ0n) is 10.8. The monoisotopic (exact) mass is 297 g/mol. The van der Waals surface area contributed by atoms with Gasteiger partial charge in [-0.25, -0.2) is 0 Å². The van der Waals surface area contributed by atoms with E-state index in [4.69, 9.17) is 9.84 Å². The lowest BCUT2D eigenvalue weighted by atomic mass is 10.3. The van der Waals surface area contributed by atoms with Crippen LogP contribution in [-0.2, 0) is 16.6 Å². The van der Waals surface area contributed by atoms with Crippen molar-refractivity contribution in [1.29, 1.82) is 0 Å². The molecular formula is C12H15N3O4S. The molecule has 0 spiro atoms. The van der Waals surface area contributed by atoms with E-state index < -0.39 is 16.6 Å². The van der Waals surface area contributed by atoms with Crippen molar-refractivity contribution in [2.24, 2.45) is 0 Å². The van der Waals surface area contributed by atoms with Crippen molar-refractivity contribution in [2.45, 2.75) is 18.6 Å². The summed E-state index contributed by atoms with van der Waals surface area (Å²) < 4.78 is 31.9. The summed E-state index contributed by atoms with van der Waals surface area (Å²) in [6, 6.07) is 6.53. The highest BCUT2D eigenvalue weighted by molar-refractivity contribution is 7.92. The van der Waals surface area contributed by atoms with E-state index in [1.165, 1.54) is 6.20 Å². The molecule has 0 radical (unpaired) electrons. The van der Waals surface area contributed by atoms with Gasteiger partial charge < -0.3 is 9.84 Å². The van der Waals surface area contributed by atoms with Crippen molar-refractivity contribution in [3.8, 4) is 5.75 Å². The number of rotatable bonds is 6. The lowest BCUT2D eigenvalue weighted by Gasteiger charge is -2.08. The molecule has 0 saturated carbocycles. The van der Waals surface area contributed by atoms with Crippen LogP contribution in [0.25, 0.3) is 0 Å². The third-order valence-corrected chi connectivity index (χ3v) is 3.93. The fourth-order valence-electron chi connectivity index (χ4n) is 1.64. The lowest BCUT2D eigenvalue weighted by Crippen LogP contribution is -2.15. The molecule has 0 fully saturated rings. The van der Waals surface area contributed by atoms with Crippen molar-refractivity contribution in [3.63, 3.8) is 0 Å². The number of hydrogen-bond donors (Lipinski definition) is 3. The molecule has 3 N–H and O–H groups in total. The predicted molar refractivity (Wildman–Crippen MR) is 72.9 cm³/mol. The molecule has 0 bridgehead atoms. The Labute approximate surface area is 116 Å². The van der Waals surface area contributed by atoms with Gasteiger partial charge in [-0.2, -0.15) is 13.5 Å². The third-order valence-electron chi connectivity index (χ3n) is 2.53. The fourth-order valence-corrected chi connectivity index (χ4v) is 2.82.